The Bertz CT molecular complexity index is 556. The van der Waals surface area contributed by atoms with Crippen LogP contribution in [-0.4, -0.2) is 28.9 Å². The zero-order valence-electron chi connectivity index (χ0n) is 11.3. The number of thiophene rings is 1. The van der Waals surface area contributed by atoms with Gasteiger partial charge < -0.3 is 5.32 Å². The lowest BCUT2D eigenvalue weighted by molar-refractivity contribution is -0.120. The van der Waals surface area contributed by atoms with Crippen molar-refractivity contribution in [1.82, 2.24) is 9.88 Å². The van der Waals surface area contributed by atoms with E-state index in [2.05, 4.69) is 21.7 Å². The summed E-state index contributed by atoms with van der Waals surface area (Å²) in [6.45, 7) is 2.61. The number of pyridine rings is 1. The minimum absolute atomic E-state index is 0.0856. The number of anilines is 1. The fraction of sp³-hybridized carbons (Fsp3) is 0.286. The first-order valence-corrected chi connectivity index (χ1v) is 7.52. The largest absolute Gasteiger partial charge is 0.309 e. The minimum Gasteiger partial charge on any atom is -0.309 e. The van der Waals surface area contributed by atoms with Gasteiger partial charge in [-0.25, -0.2) is 4.98 Å². The molecular weight excluding hydrogens is 294 g/mol. The number of nitrogens with zero attached hydrogens (tertiary/aromatic N) is 2. The van der Waals surface area contributed by atoms with E-state index in [9.17, 15) is 4.79 Å². The van der Waals surface area contributed by atoms with E-state index in [0.717, 1.165) is 6.54 Å². The van der Waals surface area contributed by atoms with E-state index in [0.29, 0.717) is 10.8 Å². The number of halogens is 1. The fourth-order valence-corrected chi connectivity index (χ4v) is 2.46. The summed E-state index contributed by atoms with van der Waals surface area (Å²) in [6, 6.07) is 5.20. The molecule has 1 atom stereocenters. The van der Waals surface area contributed by atoms with Gasteiger partial charge in [0.2, 0.25) is 5.91 Å². The highest BCUT2D eigenvalue weighted by atomic mass is 35.5. The molecular formula is C14H16ClN3OS. The molecule has 106 valence electrons. The second kappa shape index (κ2) is 6.83. The molecule has 0 unspecified atom stereocenters. The molecule has 6 heteroatoms. The van der Waals surface area contributed by atoms with Crippen molar-refractivity contribution < 1.29 is 4.79 Å². The van der Waals surface area contributed by atoms with Crippen molar-refractivity contribution in [3.8, 4) is 0 Å². The predicted octanol–water partition coefficient (Wildman–Crippen LogP) is 3.26. The van der Waals surface area contributed by atoms with Crippen LogP contribution in [0.1, 0.15) is 12.5 Å². The first-order valence-electron chi connectivity index (χ1n) is 6.20. The Kier molecular flexibility index (Phi) is 5.11. The van der Waals surface area contributed by atoms with Crippen LogP contribution in [0.3, 0.4) is 0 Å². The van der Waals surface area contributed by atoms with E-state index in [1.54, 1.807) is 23.5 Å². The Balaban J connectivity index is 1.92. The normalized spacial score (nSPS) is 12.4. The van der Waals surface area contributed by atoms with Gasteiger partial charge in [-0.2, -0.15) is 11.3 Å². The Labute approximate surface area is 127 Å². The maximum Gasteiger partial charge on any atom is 0.242 e. The number of hydrogen-bond acceptors (Lipinski definition) is 4. The zero-order chi connectivity index (χ0) is 14.5. The molecule has 0 aliphatic heterocycles. The number of carbonyl (C=O) groups excluding carboxylic acids is 1. The van der Waals surface area contributed by atoms with Crippen LogP contribution in [0.5, 0.6) is 0 Å². The monoisotopic (exact) mass is 309 g/mol. The van der Waals surface area contributed by atoms with Crippen LogP contribution in [0.4, 0.5) is 5.82 Å². The van der Waals surface area contributed by atoms with E-state index in [1.807, 2.05) is 24.3 Å². The van der Waals surface area contributed by atoms with Gasteiger partial charge in [-0.05, 0) is 48.5 Å². The number of likely N-dealkylation sites (N-methyl/N-ethyl adjacent to an activating group) is 1. The van der Waals surface area contributed by atoms with Crippen molar-refractivity contribution in [2.75, 3.05) is 12.4 Å². The molecule has 2 aromatic heterocycles. The SMILES string of the molecule is C[C@H](C(=O)Nc1ccc(Cl)cn1)N(C)Cc1ccsc1. The van der Waals surface area contributed by atoms with Gasteiger partial charge in [0.15, 0.2) is 0 Å². The smallest absolute Gasteiger partial charge is 0.242 e. The van der Waals surface area contributed by atoms with E-state index >= 15 is 0 Å². The first-order chi connectivity index (χ1) is 9.56. The van der Waals surface area contributed by atoms with Crippen LogP contribution < -0.4 is 5.32 Å². The molecule has 0 radical (unpaired) electrons. The summed E-state index contributed by atoms with van der Waals surface area (Å²) >= 11 is 7.41. The van der Waals surface area contributed by atoms with E-state index in [-0.39, 0.29) is 11.9 Å². The summed E-state index contributed by atoms with van der Waals surface area (Å²) in [5, 5.41) is 7.45. The highest BCUT2D eigenvalue weighted by Crippen LogP contribution is 2.13. The second-order valence-electron chi connectivity index (χ2n) is 4.57. The Morgan fingerprint density at radius 3 is 2.90 bits per heavy atom. The van der Waals surface area contributed by atoms with Gasteiger partial charge in [0.1, 0.15) is 5.82 Å². The molecule has 1 N–H and O–H groups in total. The number of hydrogen-bond donors (Lipinski definition) is 1. The molecule has 0 spiro atoms. The molecule has 20 heavy (non-hydrogen) atoms. The highest BCUT2D eigenvalue weighted by molar-refractivity contribution is 7.07. The molecule has 4 nitrogen and oxygen atoms in total. The van der Waals surface area contributed by atoms with Gasteiger partial charge in [0, 0.05) is 12.7 Å². The Morgan fingerprint density at radius 2 is 2.30 bits per heavy atom. The van der Waals surface area contributed by atoms with Crippen molar-refractivity contribution >= 4 is 34.7 Å². The molecule has 0 bridgehead atoms. The predicted molar refractivity (Wildman–Crippen MR) is 83.1 cm³/mol. The molecule has 0 saturated carbocycles. The average molecular weight is 310 g/mol. The van der Waals surface area contributed by atoms with Crippen molar-refractivity contribution in [2.45, 2.75) is 19.5 Å². The summed E-state index contributed by atoms with van der Waals surface area (Å²) in [6.07, 6.45) is 1.51. The second-order valence-corrected chi connectivity index (χ2v) is 5.79. The van der Waals surface area contributed by atoms with Gasteiger partial charge in [-0.3, -0.25) is 9.69 Å². The molecule has 0 aromatic carbocycles. The summed E-state index contributed by atoms with van der Waals surface area (Å²) in [7, 11) is 1.93. The Hall–Kier alpha value is -1.43. The molecule has 0 aliphatic carbocycles. The van der Waals surface area contributed by atoms with Crippen LogP contribution in [0.2, 0.25) is 5.02 Å². The van der Waals surface area contributed by atoms with Crippen LogP contribution in [-0.2, 0) is 11.3 Å². The zero-order valence-corrected chi connectivity index (χ0v) is 12.9. The lowest BCUT2D eigenvalue weighted by atomic mass is 10.2. The summed E-state index contributed by atoms with van der Waals surface area (Å²) < 4.78 is 0. The van der Waals surface area contributed by atoms with Crippen molar-refractivity contribution in [2.24, 2.45) is 0 Å². The van der Waals surface area contributed by atoms with Crippen LogP contribution in [0.25, 0.3) is 0 Å². The molecule has 2 rings (SSSR count). The highest BCUT2D eigenvalue weighted by Gasteiger charge is 2.18. The minimum atomic E-state index is -0.243. The lowest BCUT2D eigenvalue weighted by Gasteiger charge is -2.23. The maximum absolute atomic E-state index is 12.1. The number of nitrogens with one attached hydrogen (secondary N) is 1. The van der Waals surface area contributed by atoms with Crippen molar-refractivity contribution in [3.63, 3.8) is 0 Å². The van der Waals surface area contributed by atoms with Crippen molar-refractivity contribution in [3.05, 3.63) is 45.7 Å². The first kappa shape index (κ1) is 15.0. The van der Waals surface area contributed by atoms with Gasteiger partial charge in [-0.15, -0.1) is 0 Å². The van der Waals surface area contributed by atoms with Crippen LogP contribution in [0.15, 0.2) is 35.2 Å². The van der Waals surface area contributed by atoms with E-state index < -0.39 is 0 Å². The topological polar surface area (TPSA) is 45.2 Å². The third-order valence-electron chi connectivity index (χ3n) is 3.03. The molecule has 1 amide bonds. The molecule has 2 aromatic rings. The molecule has 0 saturated heterocycles. The van der Waals surface area contributed by atoms with Gasteiger partial charge >= 0.3 is 0 Å². The number of rotatable bonds is 5. The third kappa shape index (κ3) is 4.03. The lowest BCUT2D eigenvalue weighted by Crippen LogP contribution is -2.39. The van der Waals surface area contributed by atoms with E-state index in [1.165, 1.54) is 11.8 Å². The quantitative estimate of drug-likeness (QED) is 0.922. The van der Waals surface area contributed by atoms with Gasteiger partial charge in [-0.1, -0.05) is 11.6 Å². The van der Waals surface area contributed by atoms with Crippen molar-refractivity contribution in [1.29, 1.82) is 0 Å². The number of carbonyl (C=O) groups is 1. The van der Waals surface area contributed by atoms with Crippen LogP contribution >= 0.6 is 22.9 Å². The summed E-state index contributed by atoms with van der Waals surface area (Å²) in [4.78, 5) is 18.2. The van der Waals surface area contributed by atoms with Gasteiger partial charge in [0.05, 0.1) is 11.1 Å². The molecule has 2 heterocycles. The molecule has 0 aliphatic rings. The fourth-order valence-electron chi connectivity index (χ4n) is 1.69. The number of aromatic nitrogens is 1. The molecule has 0 fully saturated rings. The van der Waals surface area contributed by atoms with Gasteiger partial charge in [0.25, 0.3) is 0 Å². The maximum atomic E-state index is 12.1. The third-order valence-corrected chi connectivity index (χ3v) is 3.99. The number of amides is 1. The van der Waals surface area contributed by atoms with E-state index in [4.69, 9.17) is 11.6 Å². The average Bonchev–Trinajstić information content (AvgIpc) is 2.93. The Morgan fingerprint density at radius 1 is 1.50 bits per heavy atom. The standard InChI is InChI=1S/C14H16ClN3OS/c1-10(18(2)8-11-5-6-20-9-11)14(19)17-13-4-3-12(15)7-16-13/h3-7,9-10H,8H2,1-2H3,(H,16,17,19)/t10-/m1/s1. The summed E-state index contributed by atoms with van der Waals surface area (Å²) in [5.41, 5.74) is 1.21. The van der Waals surface area contributed by atoms with Crippen LogP contribution in [0, 0.1) is 0 Å². The summed E-state index contributed by atoms with van der Waals surface area (Å²) in [5.74, 6) is 0.424.